The van der Waals surface area contributed by atoms with Crippen molar-refractivity contribution in [2.24, 2.45) is 11.3 Å². The van der Waals surface area contributed by atoms with E-state index in [-0.39, 0.29) is 24.3 Å². The number of hydrogen-bond donors (Lipinski definition) is 1. The SMILES string of the molecule is CC(C)(C)C1CCC2(CC1)OC[C@@H](C(=O)O)N2C(=O)Cc1ccccc1. The highest BCUT2D eigenvalue weighted by molar-refractivity contribution is 5.86. The number of hydrogen-bond acceptors (Lipinski definition) is 3. The average molecular weight is 359 g/mol. The summed E-state index contributed by atoms with van der Waals surface area (Å²) in [6, 6.07) is 8.59. The average Bonchev–Trinajstić information content (AvgIpc) is 2.94. The van der Waals surface area contributed by atoms with Gasteiger partial charge in [-0.05, 0) is 42.6 Å². The van der Waals surface area contributed by atoms with Crippen LogP contribution in [0.15, 0.2) is 30.3 Å². The number of carbonyl (C=O) groups is 2. The molecular weight excluding hydrogens is 330 g/mol. The molecule has 2 fully saturated rings. The van der Waals surface area contributed by atoms with Crippen LogP contribution >= 0.6 is 0 Å². The second-order valence-corrected chi connectivity index (χ2v) is 8.68. The van der Waals surface area contributed by atoms with Crippen molar-refractivity contribution >= 4 is 11.9 Å². The van der Waals surface area contributed by atoms with Crippen LogP contribution in [0.25, 0.3) is 0 Å². The molecule has 3 rings (SSSR count). The minimum Gasteiger partial charge on any atom is -0.480 e. The van der Waals surface area contributed by atoms with Crippen molar-refractivity contribution in [3.63, 3.8) is 0 Å². The molecule has 1 N–H and O–H groups in total. The maximum Gasteiger partial charge on any atom is 0.328 e. The molecule has 1 aliphatic heterocycles. The predicted molar refractivity (Wildman–Crippen MR) is 98.5 cm³/mol. The monoisotopic (exact) mass is 359 g/mol. The fraction of sp³-hybridized carbons (Fsp3) is 0.619. The van der Waals surface area contributed by atoms with Gasteiger partial charge in [-0.2, -0.15) is 0 Å². The van der Waals surface area contributed by atoms with Crippen molar-refractivity contribution in [3.05, 3.63) is 35.9 Å². The highest BCUT2D eigenvalue weighted by Gasteiger charge is 2.54. The predicted octanol–water partition coefficient (Wildman–Crippen LogP) is 3.47. The molecule has 26 heavy (non-hydrogen) atoms. The first-order chi connectivity index (χ1) is 12.2. The maximum absolute atomic E-state index is 13.1. The molecule has 142 valence electrons. The van der Waals surface area contributed by atoms with E-state index in [0.717, 1.165) is 18.4 Å². The van der Waals surface area contributed by atoms with Crippen LogP contribution in [0.5, 0.6) is 0 Å². The Balaban J connectivity index is 1.81. The summed E-state index contributed by atoms with van der Waals surface area (Å²) in [6.07, 6.45) is 3.52. The third kappa shape index (κ3) is 3.63. The number of ether oxygens (including phenoxy) is 1. The van der Waals surface area contributed by atoms with Gasteiger partial charge in [0.2, 0.25) is 5.91 Å². The summed E-state index contributed by atoms with van der Waals surface area (Å²) >= 11 is 0. The summed E-state index contributed by atoms with van der Waals surface area (Å²) in [5.41, 5.74) is 0.356. The lowest BCUT2D eigenvalue weighted by Gasteiger charge is -2.46. The van der Waals surface area contributed by atoms with E-state index in [4.69, 9.17) is 4.74 Å². The fourth-order valence-electron chi connectivity index (χ4n) is 4.42. The summed E-state index contributed by atoms with van der Waals surface area (Å²) in [6.45, 7) is 6.80. The third-order valence-corrected chi connectivity index (χ3v) is 6.00. The van der Waals surface area contributed by atoms with E-state index in [1.165, 1.54) is 0 Å². The van der Waals surface area contributed by atoms with Crippen LogP contribution < -0.4 is 0 Å². The van der Waals surface area contributed by atoms with Crippen molar-refractivity contribution in [3.8, 4) is 0 Å². The van der Waals surface area contributed by atoms with Crippen LogP contribution in [0.4, 0.5) is 0 Å². The Kier molecular flexibility index (Phi) is 5.11. The van der Waals surface area contributed by atoms with Crippen LogP contribution in [-0.4, -0.2) is 40.3 Å². The number of carbonyl (C=O) groups excluding carboxylic acids is 1. The molecule has 1 atom stereocenters. The Morgan fingerprint density at radius 1 is 1.19 bits per heavy atom. The number of amides is 1. The first-order valence-corrected chi connectivity index (χ1v) is 9.46. The Bertz CT molecular complexity index is 656. The summed E-state index contributed by atoms with van der Waals surface area (Å²) in [4.78, 5) is 26.4. The van der Waals surface area contributed by atoms with Gasteiger partial charge in [-0.15, -0.1) is 0 Å². The van der Waals surface area contributed by atoms with Crippen LogP contribution in [0, 0.1) is 11.3 Å². The van der Waals surface area contributed by atoms with Crippen molar-refractivity contribution < 1.29 is 19.4 Å². The topological polar surface area (TPSA) is 66.8 Å². The normalized spacial score (nSPS) is 29.1. The Morgan fingerprint density at radius 3 is 2.35 bits per heavy atom. The van der Waals surface area contributed by atoms with Gasteiger partial charge in [-0.25, -0.2) is 4.79 Å². The summed E-state index contributed by atoms with van der Waals surface area (Å²) < 4.78 is 6.01. The Hall–Kier alpha value is -1.88. The number of carboxylic acid groups (broad SMARTS) is 1. The standard InChI is InChI=1S/C21H29NO4/c1-20(2,3)16-9-11-21(12-10-16)22(17(14-26-21)19(24)25)18(23)13-15-7-5-4-6-8-15/h4-8,16-17H,9-14H2,1-3H3,(H,24,25)/t16?,17-,21?/m0/s1. The van der Waals surface area contributed by atoms with Crippen LogP contribution in [0.1, 0.15) is 52.0 Å². The number of carboxylic acids is 1. The molecule has 1 aromatic rings. The third-order valence-electron chi connectivity index (χ3n) is 6.00. The summed E-state index contributed by atoms with van der Waals surface area (Å²) in [5, 5.41) is 9.62. The number of nitrogens with zero attached hydrogens (tertiary/aromatic N) is 1. The number of benzene rings is 1. The maximum atomic E-state index is 13.1. The molecule has 0 unspecified atom stereocenters. The van der Waals surface area contributed by atoms with Gasteiger partial charge in [-0.3, -0.25) is 9.69 Å². The minimum atomic E-state index is -0.985. The van der Waals surface area contributed by atoms with Crippen molar-refractivity contribution in [2.75, 3.05) is 6.61 Å². The first kappa shape index (κ1) is 18.9. The van der Waals surface area contributed by atoms with Gasteiger partial charge in [0.1, 0.15) is 5.72 Å². The molecule has 0 radical (unpaired) electrons. The molecule has 0 aromatic heterocycles. The zero-order valence-electron chi connectivity index (χ0n) is 15.9. The van der Waals surface area contributed by atoms with Crippen LogP contribution in [-0.2, 0) is 20.7 Å². The molecule has 1 heterocycles. The van der Waals surface area contributed by atoms with Crippen LogP contribution in [0.3, 0.4) is 0 Å². The van der Waals surface area contributed by atoms with E-state index in [0.29, 0.717) is 18.8 Å². The van der Waals surface area contributed by atoms with E-state index in [1.54, 1.807) is 4.90 Å². The van der Waals surface area contributed by atoms with Gasteiger partial charge in [0.25, 0.3) is 0 Å². The van der Waals surface area contributed by atoms with E-state index in [2.05, 4.69) is 20.8 Å². The fourth-order valence-corrected chi connectivity index (χ4v) is 4.42. The quantitative estimate of drug-likeness (QED) is 0.897. The zero-order valence-corrected chi connectivity index (χ0v) is 15.9. The van der Waals surface area contributed by atoms with Crippen molar-refractivity contribution in [2.45, 2.75) is 64.6 Å². The second-order valence-electron chi connectivity index (χ2n) is 8.68. The van der Waals surface area contributed by atoms with Gasteiger partial charge in [0.15, 0.2) is 6.04 Å². The Labute approximate surface area is 155 Å². The summed E-state index contributed by atoms with van der Waals surface area (Å²) in [7, 11) is 0. The second kappa shape index (κ2) is 7.03. The van der Waals surface area contributed by atoms with Crippen LogP contribution in [0.2, 0.25) is 0 Å². The number of aliphatic carboxylic acids is 1. The molecule has 1 amide bonds. The molecule has 5 nitrogen and oxygen atoms in total. The first-order valence-electron chi connectivity index (χ1n) is 9.46. The van der Waals surface area contributed by atoms with Gasteiger partial charge in [-0.1, -0.05) is 51.1 Å². The summed E-state index contributed by atoms with van der Waals surface area (Å²) in [5.74, 6) is -0.580. The molecule has 1 spiro atoms. The smallest absolute Gasteiger partial charge is 0.328 e. The molecule has 1 saturated heterocycles. The molecule has 1 aliphatic carbocycles. The molecule has 1 aromatic carbocycles. The molecule has 0 bridgehead atoms. The van der Waals surface area contributed by atoms with E-state index in [1.807, 2.05) is 30.3 Å². The zero-order chi connectivity index (χ0) is 18.9. The highest BCUT2D eigenvalue weighted by atomic mass is 16.5. The lowest BCUT2D eigenvalue weighted by Crippen LogP contribution is -2.56. The van der Waals surface area contributed by atoms with Gasteiger partial charge in [0, 0.05) is 0 Å². The van der Waals surface area contributed by atoms with Crippen molar-refractivity contribution in [1.82, 2.24) is 4.90 Å². The lowest BCUT2D eigenvalue weighted by molar-refractivity contribution is -0.166. The molecular formula is C21H29NO4. The largest absolute Gasteiger partial charge is 0.480 e. The van der Waals surface area contributed by atoms with Gasteiger partial charge in [0.05, 0.1) is 13.0 Å². The lowest BCUT2D eigenvalue weighted by atomic mass is 9.70. The van der Waals surface area contributed by atoms with Gasteiger partial charge >= 0.3 is 5.97 Å². The number of rotatable bonds is 3. The van der Waals surface area contributed by atoms with E-state index < -0.39 is 17.7 Å². The molecule has 2 aliphatic rings. The van der Waals surface area contributed by atoms with Gasteiger partial charge < -0.3 is 9.84 Å². The molecule has 1 saturated carbocycles. The Morgan fingerprint density at radius 2 is 1.81 bits per heavy atom. The van der Waals surface area contributed by atoms with Crippen molar-refractivity contribution in [1.29, 1.82) is 0 Å². The van der Waals surface area contributed by atoms with E-state index in [9.17, 15) is 14.7 Å². The highest BCUT2D eigenvalue weighted by Crippen LogP contribution is 2.47. The molecule has 5 heteroatoms. The minimum absolute atomic E-state index is 0.0794. The van der Waals surface area contributed by atoms with E-state index >= 15 is 0 Å².